The molecule has 0 spiro atoms. The fourth-order valence-electron chi connectivity index (χ4n) is 2.61. The lowest BCUT2D eigenvalue weighted by Crippen LogP contribution is -2.54. The van der Waals surface area contributed by atoms with E-state index in [0.717, 1.165) is 18.0 Å². The van der Waals surface area contributed by atoms with E-state index < -0.39 is 21.7 Å². The Balaban J connectivity index is 1.75. The second-order valence-corrected chi connectivity index (χ2v) is 9.63. The molecule has 11 heteroatoms. The predicted molar refractivity (Wildman–Crippen MR) is 110 cm³/mol. The van der Waals surface area contributed by atoms with Gasteiger partial charge < -0.3 is 9.64 Å². The Kier molecular flexibility index (Phi) is 6.09. The first kappa shape index (κ1) is 21.2. The molecular formula is C17H14BrCl2FN2O4S. The molecule has 1 aliphatic rings. The molecule has 0 aromatic heterocycles. The summed E-state index contributed by atoms with van der Waals surface area (Å²) in [6.45, 7) is 0.950. The quantitative estimate of drug-likeness (QED) is 0.659. The third kappa shape index (κ3) is 4.89. The van der Waals surface area contributed by atoms with Crippen LogP contribution < -0.4 is 14.4 Å². The Morgan fingerprint density at radius 1 is 1.25 bits per heavy atom. The topological polar surface area (TPSA) is 75.7 Å². The van der Waals surface area contributed by atoms with Crippen molar-refractivity contribution in [3.8, 4) is 5.75 Å². The fourth-order valence-corrected chi connectivity index (χ4v) is 3.69. The van der Waals surface area contributed by atoms with Crippen molar-refractivity contribution in [3.05, 3.63) is 56.2 Å². The summed E-state index contributed by atoms with van der Waals surface area (Å²) in [5, 5.41) is 0.879. The molecule has 0 bridgehead atoms. The molecule has 0 aliphatic carbocycles. The van der Waals surface area contributed by atoms with Crippen LogP contribution in [0.5, 0.6) is 5.75 Å². The molecule has 150 valence electrons. The van der Waals surface area contributed by atoms with Crippen molar-refractivity contribution in [2.75, 3.05) is 24.2 Å². The number of rotatable bonds is 5. The molecular weight excluding hydrogens is 498 g/mol. The summed E-state index contributed by atoms with van der Waals surface area (Å²) in [4.78, 5) is 14.2. The van der Waals surface area contributed by atoms with E-state index in [1.54, 1.807) is 12.1 Å². The first-order valence-electron chi connectivity index (χ1n) is 7.91. The highest BCUT2D eigenvalue weighted by Crippen LogP contribution is 2.32. The maximum atomic E-state index is 13.9. The van der Waals surface area contributed by atoms with Crippen LogP contribution in [0.1, 0.15) is 10.4 Å². The first-order valence-corrected chi connectivity index (χ1v) is 11.4. The molecule has 6 nitrogen and oxygen atoms in total. The van der Waals surface area contributed by atoms with Crippen LogP contribution in [0.3, 0.4) is 0 Å². The fraction of sp³-hybridized carbons (Fsp3) is 0.235. The number of nitrogens with zero attached hydrogens (tertiary/aromatic N) is 1. The van der Waals surface area contributed by atoms with Gasteiger partial charge in [0.1, 0.15) is 17.7 Å². The molecule has 28 heavy (non-hydrogen) atoms. The summed E-state index contributed by atoms with van der Waals surface area (Å²) in [5.74, 6) is -1.58. The third-order valence-corrected chi connectivity index (χ3v) is 5.86. The summed E-state index contributed by atoms with van der Waals surface area (Å²) in [6, 6.07) is 7.45. The molecule has 0 atom stereocenters. The van der Waals surface area contributed by atoms with E-state index in [-0.39, 0.29) is 21.9 Å². The van der Waals surface area contributed by atoms with Gasteiger partial charge in [0.15, 0.2) is 0 Å². The van der Waals surface area contributed by atoms with E-state index in [0.29, 0.717) is 23.1 Å². The van der Waals surface area contributed by atoms with Gasteiger partial charge in [-0.05, 0) is 40.2 Å². The highest BCUT2D eigenvalue weighted by Gasteiger charge is 2.31. The number of amides is 1. The second-order valence-electron chi connectivity index (χ2n) is 6.21. The minimum absolute atomic E-state index is 0.0181. The maximum absolute atomic E-state index is 13.9. The lowest BCUT2D eigenvalue weighted by Gasteiger charge is -2.41. The van der Waals surface area contributed by atoms with Crippen molar-refractivity contribution in [1.82, 2.24) is 4.72 Å². The van der Waals surface area contributed by atoms with Gasteiger partial charge in [-0.3, -0.25) is 4.79 Å². The van der Waals surface area contributed by atoms with Gasteiger partial charge in [-0.25, -0.2) is 17.5 Å². The number of sulfonamides is 1. The van der Waals surface area contributed by atoms with Crippen LogP contribution in [0.15, 0.2) is 34.8 Å². The number of ether oxygens (including phenoxy) is 1. The zero-order valence-electron chi connectivity index (χ0n) is 14.4. The number of halogens is 4. The largest absolute Gasteiger partial charge is 0.486 e. The van der Waals surface area contributed by atoms with Crippen molar-refractivity contribution >= 4 is 60.7 Å². The van der Waals surface area contributed by atoms with Gasteiger partial charge >= 0.3 is 0 Å². The smallest absolute Gasteiger partial charge is 0.268 e. The molecule has 1 amide bonds. The molecule has 1 aliphatic heterocycles. The summed E-state index contributed by atoms with van der Waals surface area (Å²) < 4.78 is 44.2. The monoisotopic (exact) mass is 510 g/mol. The number of nitrogens with one attached hydrogen (secondary N) is 1. The number of carbonyl (C=O) groups excluding carboxylic acids is 1. The Morgan fingerprint density at radius 2 is 1.93 bits per heavy atom. The van der Waals surface area contributed by atoms with Crippen molar-refractivity contribution in [3.63, 3.8) is 0 Å². The van der Waals surface area contributed by atoms with Crippen molar-refractivity contribution in [1.29, 1.82) is 0 Å². The minimum atomic E-state index is -3.78. The van der Waals surface area contributed by atoms with E-state index >= 15 is 0 Å². The summed E-state index contributed by atoms with van der Waals surface area (Å²) >= 11 is 14.9. The number of benzene rings is 2. The number of carbonyl (C=O) groups is 1. The van der Waals surface area contributed by atoms with Crippen LogP contribution in [0.25, 0.3) is 0 Å². The van der Waals surface area contributed by atoms with Gasteiger partial charge in [0.25, 0.3) is 5.91 Å². The molecule has 1 fully saturated rings. The van der Waals surface area contributed by atoms with Crippen molar-refractivity contribution in [2.24, 2.45) is 0 Å². The van der Waals surface area contributed by atoms with Crippen LogP contribution in [0, 0.1) is 5.82 Å². The summed E-state index contributed by atoms with van der Waals surface area (Å²) in [6.07, 6.45) is 0.533. The number of hydrogen-bond acceptors (Lipinski definition) is 5. The van der Waals surface area contributed by atoms with Crippen LogP contribution in [-0.4, -0.2) is 39.8 Å². The zero-order chi connectivity index (χ0) is 20.6. The molecule has 2 aromatic rings. The second kappa shape index (κ2) is 8.06. The molecule has 2 aromatic carbocycles. The van der Waals surface area contributed by atoms with Gasteiger partial charge in [0.05, 0.1) is 39.4 Å². The molecule has 3 rings (SSSR count). The molecule has 1 N–H and O–H groups in total. The van der Waals surface area contributed by atoms with Gasteiger partial charge in [0, 0.05) is 11.8 Å². The normalized spacial score (nSPS) is 14.5. The molecule has 0 saturated carbocycles. The third-order valence-electron chi connectivity index (χ3n) is 3.96. The van der Waals surface area contributed by atoms with E-state index in [9.17, 15) is 17.6 Å². The van der Waals surface area contributed by atoms with Crippen LogP contribution in [0.4, 0.5) is 10.1 Å². The average molecular weight is 512 g/mol. The Bertz CT molecular complexity index is 1050. The summed E-state index contributed by atoms with van der Waals surface area (Å²) in [5.41, 5.74) is 0.762. The Labute approximate surface area is 179 Å². The van der Waals surface area contributed by atoms with Gasteiger partial charge in [-0.15, -0.1) is 0 Å². The standard InChI is InChI=1S/C17H14BrCl2FN2O4S/c1-28(25,26)22-17(24)11-5-12(18)15(21)6-16(11)27-10-7-23(8-10)9-2-3-13(19)14(20)4-9/h2-6,10H,7-8H2,1H3,(H,22,24). The Morgan fingerprint density at radius 3 is 2.54 bits per heavy atom. The highest BCUT2D eigenvalue weighted by atomic mass is 79.9. The average Bonchev–Trinajstić information content (AvgIpc) is 2.54. The molecule has 0 radical (unpaired) electrons. The van der Waals surface area contributed by atoms with Gasteiger partial charge in [0.2, 0.25) is 10.0 Å². The molecule has 1 saturated heterocycles. The first-order chi connectivity index (χ1) is 13.0. The molecule has 1 heterocycles. The predicted octanol–water partition coefficient (Wildman–Crippen LogP) is 3.85. The van der Waals surface area contributed by atoms with E-state index in [1.165, 1.54) is 6.07 Å². The number of anilines is 1. The SMILES string of the molecule is CS(=O)(=O)NC(=O)c1cc(Br)c(F)cc1OC1CN(c2ccc(Cl)c(Cl)c2)C1. The van der Waals surface area contributed by atoms with Crippen molar-refractivity contribution in [2.45, 2.75) is 6.10 Å². The van der Waals surface area contributed by atoms with Crippen LogP contribution in [-0.2, 0) is 10.0 Å². The zero-order valence-corrected chi connectivity index (χ0v) is 18.3. The number of hydrogen-bond donors (Lipinski definition) is 1. The van der Waals surface area contributed by atoms with Crippen molar-refractivity contribution < 1.29 is 22.3 Å². The van der Waals surface area contributed by atoms with Gasteiger partial charge in [-0.2, -0.15) is 0 Å². The lowest BCUT2D eigenvalue weighted by molar-refractivity contribution is 0.0971. The van der Waals surface area contributed by atoms with Gasteiger partial charge in [-0.1, -0.05) is 23.2 Å². The van der Waals surface area contributed by atoms with E-state index in [1.807, 2.05) is 15.7 Å². The van der Waals surface area contributed by atoms with E-state index in [4.69, 9.17) is 27.9 Å². The summed E-state index contributed by atoms with van der Waals surface area (Å²) in [7, 11) is -3.78. The Hall–Kier alpha value is -1.55. The van der Waals surface area contributed by atoms with E-state index in [2.05, 4.69) is 15.9 Å². The highest BCUT2D eigenvalue weighted by molar-refractivity contribution is 9.10. The minimum Gasteiger partial charge on any atom is -0.486 e. The van der Waals surface area contributed by atoms with Crippen LogP contribution >= 0.6 is 39.1 Å². The lowest BCUT2D eigenvalue weighted by atomic mass is 10.1. The van der Waals surface area contributed by atoms with Crippen LogP contribution in [0.2, 0.25) is 10.0 Å². The molecule has 0 unspecified atom stereocenters. The maximum Gasteiger partial charge on any atom is 0.268 e.